The summed E-state index contributed by atoms with van der Waals surface area (Å²) in [6.45, 7) is 8.07. The summed E-state index contributed by atoms with van der Waals surface area (Å²) in [7, 11) is 1.75. The molecule has 3 rings (SSSR count). The number of nitrogens with one attached hydrogen (secondary N) is 1. The lowest BCUT2D eigenvalue weighted by molar-refractivity contribution is -0.123. The van der Waals surface area contributed by atoms with Crippen LogP contribution in [0.5, 0.6) is 11.5 Å². The Kier molecular flexibility index (Phi) is 4.26. The summed E-state index contributed by atoms with van der Waals surface area (Å²) in [4.78, 5) is 11.5. The van der Waals surface area contributed by atoms with Gasteiger partial charge in [-0.2, -0.15) is 0 Å². The summed E-state index contributed by atoms with van der Waals surface area (Å²) < 4.78 is 11.8. The van der Waals surface area contributed by atoms with Gasteiger partial charge in [0.2, 0.25) is 5.91 Å². The third kappa shape index (κ3) is 2.91. The van der Waals surface area contributed by atoms with Crippen molar-refractivity contribution < 1.29 is 14.3 Å². The van der Waals surface area contributed by atoms with Gasteiger partial charge in [0.15, 0.2) is 0 Å². The first kappa shape index (κ1) is 16.2. The SMILES string of the molecule is COc1cc([C@]2(C)CCC(=O)NC2)c2c(c1CC(C)C)CCO2. The minimum Gasteiger partial charge on any atom is -0.496 e. The van der Waals surface area contributed by atoms with Crippen LogP contribution in [0.25, 0.3) is 0 Å². The Balaban J connectivity index is 2.08. The van der Waals surface area contributed by atoms with E-state index in [0.717, 1.165) is 37.4 Å². The average Bonchev–Trinajstić information content (AvgIpc) is 2.99. The average molecular weight is 317 g/mol. The third-order valence-corrected chi connectivity index (χ3v) is 5.12. The quantitative estimate of drug-likeness (QED) is 0.928. The normalized spacial score (nSPS) is 23.4. The summed E-state index contributed by atoms with van der Waals surface area (Å²) in [5.74, 6) is 2.73. The molecule has 23 heavy (non-hydrogen) atoms. The van der Waals surface area contributed by atoms with Crippen LogP contribution >= 0.6 is 0 Å². The molecule has 0 unspecified atom stereocenters. The largest absolute Gasteiger partial charge is 0.496 e. The van der Waals surface area contributed by atoms with Crippen LogP contribution in [0.3, 0.4) is 0 Å². The molecule has 126 valence electrons. The Labute approximate surface area is 138 Å². The first-order valence-electron chi connectivity index (χ1n) is 8.57. The van der Waals surface area contributed by atoms with Crippen molar-refractivity contribution in [3.05, 3.63) is 22.8 Å². The minimum atomic E-state index is -0.0913. The molecule has 1 amide bonds. The van der Waals surface area contributed by atoms with Crippen molar-refractivity contribution in [2.75, 3.05) is 20.3 Å². The molecule has 1 aromatic carbocycles. The van der Waals surface area contributed by atoms with Crippen molar-refractivity contribution >= 4 is 5.91 Å². The van der Waals surface area contributed by atoms with Gasteiger partial charge < -0.3 is 14.8 Å². The number of fused-ring (bicyclic) bond motifs is 1. The number of rotatable bonds is 4. The van der Waals surface area contributed by atoms with Crippen LogP contribution in [-0.2, 0) is 23.1 Å². The smallest absolute Gasteiger partial charge is 0.220 e. The van der Waals surface area contributed by atoms with Crippen LogP contribution in [0, 0.1) is 5.92 Å². The van der Waals surface area contributed by atoms with E-state index in [4.69, 9.17) is 9.47 Å². The summed E-state index contributed by atoms with van der Waals surface area (Å²) in [6.07, 6.45) is 3.37. The highest BCUT2D eigenvalue weighted by Crippen LogP contribution is 2.46. The molecule has 0 spiro atoms. The Bertz CT molecular complexity index is 612. The Hall–Kier alpha value is -1.71. The van der Waals surface area contributed by atoms with E-state index in [1.54, 1.807) is 7.11 Å². The van der Waals surface area contributed by atoms with Gasteiger partial charge in [-0.15, -0.1) is 0 Å². The second-order valence-corrected chi connectivity index (χ2v) is 7.45. The lowest BCUT2D eigenvalue weighted by atomic mass is 9.74. The first-order valence-corrected chi connectivity index (χ1v) is 8.57. The third-order valence-electron chi connectivity index (χ3n) is 5.12. The fourth-order valence-corrected chi connectivity index (χ4v) is 3.77. The molecule has 0 radical (unpaired) electrons. The molecule has 1 fully saturated rings. The van der Waals surface area contributed by atoms with Gasteiger partial charge >= 0.3 is 0 Å². The maximum absolute atomic E-state index is 11.5. The molecule has 2 heterocycles. The lowest BCUT2D eigenvalue weighted by Crippen LogP contribution is -2.44. The van der Waals surface area contributed by atoms with Gasteiger partial charge in [-0.25, -0.2) is 0 Å². The fraction of sp³-hybridized carbons (Fsp3) is 0.632. The summed E-state index contributed by atoms with van der Waals surface area (Å²) >= 11 is 0. The maximum Gasteiger partial charge on any atom is 0.220 e. The van der Waals surface area contributed by atoms with Crippen LogP contribution in [0.2, 0.25) is 0 Å². The van der Waals surface area contributed by atoms with Crippen molar-refractivity contribution in [1.29, 1.82) is 0 Å². The molecule has 2 aliphatic heterocycles. The standard InChI is InChI=1S/C19H27NO3/c1-12(2)9-14-13-6-8-23-18(13)15(10-16(14)22-4)19(3)7-5-17(21)20-11-19/h10,12H,5-9,11H2,1-4H3,(H,20,21)/t19-/m1/s1. The van der Waals surface area contributed by atoms with Crippen LogP contribution in [-0.4, -0.2) is 26.2 Å². The molecule has 0 saturated carbocycles. The highest BCUT2D eigenvalue weighted by Gasteiger charge is 2.37. The first-order chi connectivity index (χ1) is 10.9. The molecule has 1 aromatic rings. The molecular formula is C19H27NO3. The van der Waals surface area contributed by atoms with E-state index in [0.29, 0.717) is 18.9 Å². The van der Waals surface area contributed by atoms with Gasteiger partial charge in [-0.1, -0.05) is 20.8 Å². The van der Waals surface area contributed by atoms with Crippen molar-refractivity contribution in [3.63, 3.8) is 0 Å². The number of hydrogen-bond acceptors (Lipinski definition) is 3. The Morgan fingerprint density at radius 2 is 2.17 bits per heavy atom. The van der Waals surface area contributed by atoms with Crippen LogP contribution in [0.1, 0.15) is 50.3 Å². The molecule has 1 saturated heterocycles. The zero-order chi connectivity index (χ0) is 16.6. The van der Waals surface area contributed by atoms with Crippen molar-refractivity contribution in [3.8, 4) is 11.5 Å². The van der Waals surface area contributed by atoms with Crippen LogP contribution in [0.4, 0.5) is 0 Å². The van der Waals surface area contributed by atoms with Gasteiger partial charge in [0.25, 0.3) is 0 Å². The van der Waals surface area contributed by atoms with E-state index in [-0.39, 0.29) is 11.3 Å². The molecule has 4 heteroatoms. The number of carbonyl (C=O) groups excluding carboxylic acids is 1. The van der Waals surface area contributed by atoms with E-state index < -0.39 is 0 Å². The monoisotopic (exact) mass is 317 g/mol. The number of benzene rings is 1. The van der Waals surface area contributed by atoms with E-state index in [1.807, 2.05) is 0 Å². The van der Waals surface area contributed by atoms with Crippen LogP contribution < -0.4 is 14.8 Å². The molecule has 0 bridgehead atoms. The minimum absolute atomic E-state index is 0.0913. The number of ether oxygens (including phenoxy) is 2. The summed E-state index contributed by atoms with van der Waals surface area (Å²) in [5.41, 5.74) is 3.70. The van der Waals surface area contributed by atoms with Gasteiger partial charge in [0.1, 0.15) is 11.5 Å². The zero-order valence-corrected chi connectivity index (χ0v) is 14.6. The van der Waals surface area contributed by atoms with E-state index in [2.05, 4.69) is 32.2 Å². The van der Waals surface area contributed by atoms with Crippen molar-refractivity contribution in [2.24, 2.45) is 5.92 Å². The van der Waals surface area contributed by atoms with E-state index in [9.17, 15) is 4.79 Å². The van der Waals surface area contributed by atoms with E-state index in [1.165, 1.54) is 16.7 Å². The number of carbonyl (C=O) groups is 1. The molecule has 0 aromatic heterocycles. The maximum atomic E-state index is 11.5. The highest BCUT2D eigenvalue weighted by atomic mass is 16.5. The molecular weight excluding hydrogens is 290 g/mol. The Morgan fingerprint density at radius 1 is 1.39 bits per heavy atom. The van der Waals surface area contributed by atoms with Gasteiger partial charge in [-0.3, -0.25) is 4.79 Å². The lowest BCUT2D eigenvalue weighted by Gasteiger charge is -2.35. The van der Waals surface area contributed by atoms with Gasteiger partial charge in [0.05, 0.1) is 13.7 Å². The second-order valence-electron chi connectivity index (χ2n) is 7.45. The molecule has 0 aliphatic carbocycles. The molecule has 1 atom stereocenters. The molecule has 4 nitrogen and oxygen atoms in total. The second kappa shape index (κ2) is 6.06. The fourth-order valence-electron chi connectivity index (χ4n) is 3.77. The molecule has 2 aliphatic rings. The van der Waals surface area contributed by atoms with Gasteiger partial charge in [0, 0.05) is 41.5 Å². The number of piperidine rings is 1. The van der Waals surface area contributed by atoms with Crippen molar-refractivity contribution in [2.45, 2.75) is 51.9 Å². The zero-order valence-electron chi connectivity index (χ0n) is 14.6. The predicted octanol–water partition coefficient (Wildman–Crippen LogP) is 3.00. The topological polar surface area (TPSA) is 47.6 Å². The molecule has 1 N–H and O–H groups in total. The summed E-state index contributed by atoms with van der Waals surface area (Å²) in [6, 6.07) is 2.15. The van der Waals surface area contributed by atoms with Gasteiger partial charge in [-0.05, 0) is 24.8 Å². The van der Waals surface area contributed by atoms with Crippen LogP contribution in [0.15, 0.2) is 6.07 Å². The van der Waals surface area contributed by atoms with Crippen molar-refractivity contribution in [1.82, 2.24) is 5.32 Å². The number of methoxy groups -OCH3 is 1. The van der Waals surface area contributed by atoms with E-state index >= 15 is 0 Å². The Morgan fingerprint density at radius 3 is 2.78 bits per heavy atom. The number of amides is 1. The number of hydrogen-bond donors (Lipinski definition) is 1. The summed E-state index contributed by atoms with van der Waals surface area (Å²) in [5, 5.41) is 3.01. The highest BCUT2D eigenvalue weighted by molar-refractivity contribution is 5.77. The predicted molar refractivity (Wildman–Crippen MR) is 90.3 cm³/mol.